The van der Waals surface area contributed by atoms with Crippen LogP contribution in [0.15, 0.2) is 18.2 Å². The van der Waals surface area contributed by atoms with E-state index in [0.717, 1.165) is 0 Å². The van der Waals surface area contributed by atoms with Gasteiger partial charge in [-0.15, -0.1) is 0 Å². The van der Waals surface area contributed by atoms with Gasteiger partial charge in [-0.1, -0.05) is 6.07 Å². The normalized spacial score (nSPS) is 10.4. The first kappa shape index (κ1) is 13.2. The van der Waals surface area contributed by atoms with E-state index in [1.54, 1.807) is 38.1 Å². The molecule has 0 spiro atoms. The summed E-state index contributed by atoms with van der Waals surface area (Å²) in [6.07, 6.45) is 0. The van der Waals surface area contributed by atoms with Gasteiger partial charge in [0.25, 0.3) is 0 Å². The maximum atomic E-state index is 11.5. The van der Waals surface area contributed by atoms with Crippen LogP contribution in [0.2, 0.25) is 0 Å². The van der Waals surface area contributed by atoms with Crippen LogP contribution in [0.3, 0.4) is 0 Å². The Morgan fingerprint density at radius 3 is 2.53 bits per heavy atom. The topological polar surface area (TPSA) is 69.6 Å². The number of carboxylic acid groups (broad SMARTS) is 1. The van der Waals surface area contributed by atoms with Crippen molar-refractivity contribution in [2.75, 3.05) is 26.0 Å². The number of carbonyl (C=O) groups is 2. The molecule has 0 aliphatic heterocycles. The average molecular weight is 236 g/mol. The van der Waals surface area contributed by atoms with Crippen molar-refractivity contribution in [1.29, 1.82) is 0 Å². The fraction of sp³-hybridized carbons (Fsp3) is 0.333. The van der Waals surface area contributed by atoms with Crippen LogP contribution in [0.4, 0.5) is 5.69 Å². The van der Waals surface area contributed by atoms with E-state index in [9.17, 15) is 9.59 Å². The van der Waals surface area contributed by atoms with Crippen LogP contribution in [0.5, 0.6) is 0 Å². The Kier molecular flexibility index (Phi) is 4.23. The molecular weight excluding hydrogens is 220 g/mol. The zero-order valence-corrected chi connectivity index (χ0v) is 10.2. The van der Waals surface area contributed by atoms with E-state index in [2.05, 4.69) is 5.32 Å². The number of nitrogens with one attached hydrogen (secondary N) is 1. The summed E-state index contributed by atoms with van der Waals surface area (Å²) in [4.78, 5) is 24.1. The molecule has 1 amide bonds. The zero-order chi connectivity index (χ0) is 13.0. The van der Waals surface area contributed by atoms with Crippen LogP contribution < -0.4 is 5.32 Å². The van der Waals surface area contributed by atoms with Crippen LogP contribution in [-0.4, -0.2) is 42.5 Å². The number of nitrogens with zero attached hydrogens (tertiary/aromatic N) is 1. The van der Waals surface area contributed by atoms with Crippen LogP contribution in [0, 0.1) is 6.92 Å². The highest BCUT2D eigenvalue weighted by atomic mass is 16.4. The Morgan fingerprint density at radius 2 is 2.00 bits per heavy atom. The summed E-state index contributed by atoms with van der Waals surface area (Å²) in [7, 11) is 3.58. The standard InChI is InChI=1S/C12H16N2O3/c1-8-4-5-9(6-10(8)12(16)17)13-11(15)7-14(2)3/h4-6H,7H2,1-3H3,(H,13,15)(H,16,17). The Hall–Kier alpha value is -1.88. The van der Waals surface area contributed by atoms with Gasteiger partial charge in [0.1, 0.15) is 0 Å². The maximum absolute atomic E-state index is 11.5. The lowest BCUT2D eigenvalue weighted by Gasteiger charge is -2.11. The highest BCUT2D eigenvalue weighted by Crippen LogP contribution is 2.15. The molecule has 0 aromatic heterocycles. The summed E-state index contributed by atoms with van der Waals surface area (Å²) in [6, 6.07) is 4.83. The molecule has 92 valence electrons. The van der Waals surface area contributed by atoms with Gasteiger partial charge >= 0.3 is 5.97 Å². The summed E-state index contributed by atoms with van der Waals surface area (Å²) < 4.78 is 0. The summed E-state index contributed by atoms with van der Waals surface area (Å²) in [5.74, 6) is -1.17. The molecule has 2 N–H and O–H groups in total. The van der Waals surface area contributed by atoms with E-state index in [1.807, 2.05) is 0 Å². The van der Waals surface area contributed by atoms with Crippen LogP contribution >= 0.6 is 0 Å². The zero-order valence-electron chi connectivity index (χ0n) is 10.2. The van der Waals surface area contributed by atoms with Crippen LogP contribution in [0.1, 0.15) is 15.9 Å². The smallest absolute Gasteiger partial charge is 0.336 e. The predicted molar refractivity (Wildman–Crippen MR) is 65.3 cm³/mol. The lowest BCUT2D eigenvalue weighted by Crippen LogP contribution is -2.27. The number of hydrogen-bond acceptors (Lipinski definition) is 3. The minimum atomic E-state index is -0.994. The van der Waals surface area contributed by atoms with Gasteiger partial charge in [0, 0.05) is 5.69 Å². The van der Waals surface area contributed by atoms with E-state index in [0.29, 0.717) is 11.3 Å². The van der Waals surface area contributed by atoms with Crippen LogP contribution in [-0.2, 0) is 4.79 Å². The molecule has 1 aromatic rings. The molecule has 0 aliphatic rings. The minimum Gasteiger partial charge on any atom is -0.478 e. The molecule has 0 unspecified atom stereocenters. The Labute approximate surface area is 100 Å². The summed E-state index contributed by atoms with van der Waals surface area (Å²) in [6.45, 7) is 1.98. The third kappa shape index (κ3) is 3.88. The number of likely N-dealkylation sites (N-methyl/N-ethyl adjacent to an activating group) is 1. The summed E-state index contributed by atoms with van der Waals surface area (Å²) in [5, 5.41) is 11.6. The first-order valence-electron chi connectivity index (χ1n) is 5.18. The SMILES string of the molecule is Cc1ccc(NC(=O)CN(C)C)cc1C(=O)O. The van der Waals surface area contributed by atoms with Crippen molar-refractivity contribution in [3.05, 3.63) is 29.3 Å². The molecule has 0 fully saturated rings. The predicted octanol–water partition coefficient (Wildman–Crippen LogP) is 1.19. The van der Waals surface area contributed by atoms with Crippen LogP contribution in [0.25, 0.3) is 0 Å². The highest BCUT2D eigenvalue weighted by Gasteiger charge is 2.09. The Morgan fingerprint density at radius 1 is 1.35 bits per heavy atom. The number of amides is 1. The number of carbonyl (C=O) groups excluding carboxylic acids is 1. The molecule has 1 rings (SSSR count). The van der Waals surface area contributed by atoms with Gasteiger partial charge in [0.15, 0.2) is 0 Å². The van der Waals surface area contributed by atoms with Crippen molar-refractivity contribution in [3.63, 3.8) is 0 Å². The molecule has 0 atom stereocenters. The molecule has 0 saturated heterocycles. The molecule has 0 radical (unpaired) electrons. The summed E-state index contributed by atoms with van der Waals surface area (Å²) in [5.41, 5.74) is 1.37. The lowest BCUT2D eigenvalue weighted by molar-refractivity contribution is -0.116. The average Bonchev–Trinajstić information content (AvgIpc) is 2.19. The number of aromatic carboxylic acids is 1. The largest absolute Gasteiger partial charge is 0.478 e. The van der Waals surface area contributed by atoms with E-state index >= 15 is 0 Å². The van der Waals surface area contributed by atoms with Crippen molar-refractivity contribution in [1.82, 2.24) is 4.90 Å². The molecule has 0 saturated carbocycles. The summed E-state index contributed by atoms with van der Waals surface area (Å²) >= 11 is 0. The lowest BCUT2D eigenvalue weighted by atomic mass is 10.1. The van der Waals surface area contributed by atoms with E-state index in [-0.39, 0.29) is 18.0 Å². The minimum absolute atomic E-state index is 0.171. The third-order valence-corrected chi connectivity index (χ3v) is 2.21. The molecular formula is C12H16N2O3. The third-order valence-electron chi connectivity index (χ3n) is 2.21. The van der Waals surface area contributed by atoms with Gasteiger partial charge in [-0.3, -0.25) is 4.79 Å². The van der Waals surface area contributed by atoms with Gasteiger partial charge in [0.05, 0.1) is 12.1 Å². The second-order valence-electron chi connectivity index (χ2n) is 4.12. The van der Waals surface area contributed by atoms with Crippen molar-refractivity contribution >= 4 is 17.6 Å². The molecule has 17 heavy (non-hydrogen) atoms. The van der Waals surface area contributed by atoms with E-state index in [4.69, 9.17) is 5.11 Å². The van der Waals surface area contributed by atoms with Gasteiger partial charge < -0.3 is 15.3 Å². The molecule has 0 aliphatic carbocycles. The molecule has 1 aromatic carbocycles. The second kappa shape index (κ2) is 5.45. The molecule has 0 heterocycles. The number of aryl methyl sites for hydroxylation is 1. The second-order valence-corrected chi connectivity index (χ2v) is 4.12. The molecule has 5 heteroatoms. The quantitative estimate of drug-likeness (QED) is 0.824. The fourth-order valence-electron chi connectivity index (χ4n) is 1.42. The molecule has 5 nitrogen and oxygen atoms in total. The van der Waals surface area contributed by atoms with Crippen molar-refractivity contribution in [2.24, 2.45) is 0 Å². The van der Waals surface area contributed by atoms with Gasteiger partial charge in [0.2, 0.25) is 5.91 Å². The first-order chi connectivity index (χ1) is 7.90. The van der Waals surface area contributed by atoms with Crippen molar-refractivity contribution < 1.29 is 14.7 Å². The number of rotatable bonds is 4. The monoisotopic (exact) mass is 236 g/mol. The number of benzene rings is 1. The van der Waals surface area contributed by atoms with E-state index < -0.39 is 5.97 Å². The Balaban J connectivity index is 2.82. The van der Waals surface area contributed by atoms with Crippen molar-refractivity contribution in [2.45, 2.75) is 6.92 Å². The number of anilines is 1. The highest BCUT2D eigenvalue weighted by molar-refractivity contribution is 5.95. The maximum Gasteiger partial charge on any atom is 0.336 e. The van der Waals surface area contributed by atoms with Gasteiger partial charge in [-0.25, -0.2) is 4.79 Å². The molecule has 0 bridgehead atoms. The van der Waals surface area contributed by atoms with E-state index in [1.165, 1.54) is 6.07 Å². The van der Waals surface area contributed by atoms with Gasteiger partial charge in [-0.2, -0.15) is 0 Å². The van der Waals surface area contributed by atoms with Crippen molar-refractivity contribution in [3.8, 4) is 0 Å². The Bertz CT molecular complexity index is 441. The van der Waals surface area contributed by atoms with Gasteiger partial charge in [-0.05, 0) is 38.7 Å². The number of carboxylic acids is 1. The number of hydrogen-bond donors (Lipinski definition) is 2. The fourth-order valence-corrected chi connectivity index (χ4v) is 1.42. The first-order valence-corrected chi connectivity index (χ1v) is 5.18.